The molecule has 1 heterocycles. The van der Waals surface area contributed by atoms with E-state index in [-0.39, 0.29) is 0 Å². The van der Waals surface area contributed by atoms with Gasteiger partial charge in [-0.25, -0.2) is 0 Å². The fourth-order valence-corrected chi connectivity index (χ4v) is 2.77. The summed E-state index contributed by atoms with van der Waals surface area (Å²) in [6.07, 6.45) is 4.07. The summed E-state index contributed by atoms with van der Waals surface area (Å²) < 4.78 is 0. The van der Waals surface area contributed by atoms with Crippen molar-refractivity contribution in [2.75, 3.05) is 45.8 Å². The Labute approximate surface area is 113 Å². The van der Waals surface area contributed by atoms with Gasteiger partial charge in [-0.3, -0.25) is 0 Å². The highest BCUT2D eigenvalue weighted by Gasteiger charge is 2.30. The number of rotatable bonds is 7. The van der Waals surface area contributed by atoms with Crippen LogP contribution in [0.4, 0.5) is 0 Å². The molecule has 3 heteroatoms. The van der Waals surface area contributed by atoms with Crippen LogP contribution in [0.2, 0.25) is 0 Å². The van der Waals surface area contributed by atoms with Crippen molar-refractivity contribution in [3.63, 3.8) is 0 Å². The fourth-order valence-electron chi connectivity index (χ4n) is 2.77. The van der Waals surface area contributed by atoms with Gasteiger partial charge in [-0.1, -0.05) is 20.8 Å². The average Bonchev–Trinajstić information content (AvgIpc) is 3.21. The highest BCUT2D eigenvalue weighted by Crippen LogP contribution is 2.25. The molecule has 1 atom stereocenters. The molecule has 0 aromatic heterocycles. The second-order valence-corrected chi connectivity index (χ2v) is 6.53. The summed E-state index contributed by atoms with van der Waals surface area (Å²) in [5.74, 6) is 0. The molecule has 1 N–H and O–H groups in total. The van der Waals surface area contributed by atoms with Crippen molar-refractivity contribution >= 4 is 0 Å². The first-order valence-corrected chi connectivity index (χ1v) is 7.83. The quantitative estimate of drug-likeness (QED) is 0.746. The van der Waals surface area contributed by atoms with Gasteiger partial charge in [-0.15, -0.1) is 0 Å². The highest BCUT2D eigenvalue weighted by atomic mass is 15.3. The van der Waals surface area contributed by atoms with E-state index in [0.717, 1.165) is 6.04 Å². The Hall–Kier alpha value is -0.120. The summed E-state index contributed by atoms with van der Waals surface area (Å²) in [4.78, 5) is 5.23. The van der Waals surface area contributed by atoms with E-state index in [1.807, 2.05) is 0 Å². The lowest BCUT2D eigenvalue weighted by Crippen LogP contribution is -2.51. The second kappa shape index (κ2) is 6.36. The van der Waals surface area contributed by atoms with Gasteiger partial charge >= 0.3 is 0 Å². The molecule has 0 spiro atoms. The fraction of sp³-hybridized carbons (Fsp3) is 1.00. The minimum Gasteiger partial charge on any atom is -0.313 e. The number of piperazine rings is 1. The van der Waals surface area contributed by atoms with Crippen LogP contribution in [0.3, 0.4) is 0 Å². The summed E-state index contributed by atoms with van der Waals surface area (Å²) in [7, 11) is 0. The zero-order valence-electron chi connectivity index (χ0n) is 12.5. The Morgan fingerprint density at radius 1 is 1.06 bits per heavy atom. The van der Waals surface area contributed by atoms with Crippen LogP contribution < -0.4 is 5.32 Å². The third-order valence-electron chi connectivity index (χ3n) is 4.77. The Kier molecular flexibility index (Phi) is 5.05. The topological polar surface area (TPSA) is 18.5 Å². The lowest BCUT2D eigenvalue weighted by molar-refractivity contribution is 0.0906. The third kappa shape index (κ3) is 4.22. The molecule has 3 nitrogen and oxygen atoms in total. The van der Waals surface area contributed by atoms with Gasteiger partial charge in [-0.05, 0) is 31.2 Å². The molecular weight excluding hydrogens is 222 g/mol. The van der Waals surface area contributed by atoms with Gasteiger partial charge in [0, 0.05) is 45.3 Å². The Morgan fingerprint density at radius 3 is 2.17 bits per heavy atom. The van der Waals surface area contributed by atoms with E-state index in [4.69, 9.17) is 0 Å². The Bertz CT molecular complexity index is 244. The largest absolute Gasteiger partial charge is 0.313 e. The van der Waals surface area contributed by atoms with Crippen LogP contribution in [0.25, 0.3) is 0 Å². The van der Waals surface area contributed by atoms with Crippen LogP contribution in [0, 0.1) is 5.41 Å². The van der Waals surface area contributed by atoms with E-state index in [9.17, 15) is 0 Å². The van der Waals surface area contributed by atoms with Gasteiger partial charge in [0.15, 0.2) is 0 Å². The first-order valence-electron chi connectivity index (χ1n) is 7.83. The molecule has 2 fully saturated rings. The Balaban J connectivity index is 1.74. The van der Waals surface area contributed by atoms with Crippen molar-refractivity contribution < 1.29 is 0 Å². The molecule has 1 saturated carbocycles. The van der Waals surface area contributed by atoms with Gasteiger partial charge < -0.3 is 15.1 Å². The molecule has 2 rings (SSSR count). The molecule has 1 aliphatic heterocycles. The van der Waals surface area contributed by atoms with Crippen LogP contribution in [-0.4, -0.2) is 61.7 Å². The molecule has 0 aromatic rings. The smallest absolute Gasteiger partial charge is 0.0110 e. The van der Waals surface area contributed by atoms with Crippen molar-refractivity contribution in [1.82, 2.24) is 15.1 Å². The lowest BCUT2D eigenvalue weighted by Gasteiger charge is -2.40. The number of likely N-dealkylation sites (N-methyl/N-ethyl adjacent to an activating group) is 1. The summed E-state index contributed by atoms with van der Waals surface area (Å²) >= 11 is 0. The summed E-state index contributed by atoms with van der Waals surface area (Å²) in [6, 6.07) is 0.841. The van der Waals surface area contributed by atoms with E-state index in [1.54, 1.807) is 0 Å². The summed E-state index contributed by atoms with van der Waals surface area (Å²) in [5, 5.41) is 3.72. The maximum atomic E-state index is 3.72. The highest BCUT2D eigenvalue weighted by molar-refractivity contribution is 4.87. The minimum absolute atomic E-state index is 0.455. The molecular formula is C15H31N3. The lowest BCUT2D eigenvalue weighted by atomic mass is 9.86. The zero-order chi connectivity index (χ0) is 13.0. The van der Waals surface area contributed by atoms with Crippen LogP contribution >= 0.6 is 0 Å². The Morgan fingerprint density at radius 2 is 1.67 bits per heavy atom. The van der Waals surface area contributed by atoms with Crippen LogP contribution in [0.15, 0.2) is 0 Å². The molecule has 2 aliphatic rings. The summed E-state index contributed by atoms with van der Waals surface area (Å²) in [6.45, 7) is 15.8. The molecule has 0 aromatic carbocycles. The van der Waals surface area contributed by atoms with E-state index < -0.39 is 0 Å². The SMILES string of the molecule is CCN1CCN(CC(C)(CC)CNC2CC2)CC1. The number of hydrogen-bond acceptors (Lipinski definition) is 3. The van der Waals surface area contributed by atoms with Gasteiger partial charge in [0.25, 0.3) is 0 Å². The number of nitrogens with one attached hydrogen (secondary N) is 1. The van der Waals surface area contributed by atoms with Crippen molar-refractivity contribution in [2.45, 2.75) is 46.1 Å². The van der Waals surface area contributed by atoms with Gasteiger partial charge in [0.05, 0.1) is 0 Å². The first kappa shape index (κ1) is 14.3. The van der Waals surface area contributed by atoms with E-state index >= 15 is 0 Å². The molecule has 106 valence electrons. The maximum Gasteiger partial charge on any atom is 0.0110 e. The average molecular weight is 253 g/mol. The summed E-state index contributed by atoms with van der Waals surface area (Å²) in [5.41, 5.74) is 0.455. The van der Waals surface area contributed by atoms with Crippen molar-refractivity contribution in [3.05, 3.63) is 0 Å². The molecule has 1 aliphatic carbocycles. The number of hydrogen-bond donors (Lipinski definition) is 1. The predicted octanol–water partition coefficient (Wildman–Crippen LogP) is 1.79. The van der Waals surface area contributed by atoms with Gasteiger partial charge in [0.2, 0.25) is 0 Å². The predicted molar refractivity (Wildman–Crippen MR) is 78.0 cm³/mol. The normalized spacial score (nSPS) is 26.2. The molecule has 1 saturated heterocycles. The minimum atomic E-state index is 0.455. The van der Waals surface area contributed by atoms with Crippen molar-refractivity contribution in [1.29, 1.82) is 0 Å². The maximum absolute atomic E-state index is 3.72. The third-order valence-corrected chi connectivity index (χ3v) is 4.77. The molecule has 18 heavy (non-hydrogen) atoms. The van der Waals surface area contributed by atoms with Crippen LogP contribution in [0.1, 0.15) is 40.0 Å². The monoisotopic (exact) mass is 253 g/mol. The second-order valence-electron chi connectivity index (χ2n) is 6.53. The van der Waals surface area contributed by atoms with E-state index in [2.05, 4.69) is 35.9 Å². The zero-order valence-corrected chi connectivity index (χ0v) is 12.5. The molecule has 0 amide bonds. The van der Waals surface area contributed by atoms with Gasteiger partial charge in [0.1, 0.15) is 0 Å². The van der Waals surface area contributed by atoms with Gasteiger partial charge in [-0.2, -0.15) is 0 Å². The standard InChI is InChI=1S/C15H31N3/c1-4-15(3,12-16-14-6-7-14)13-18-10-8-17(5-2)9-11-18/h14,16H,4-13H2,1-3H3. The number of nitrogens with zero attached hydrogens (tertiary/aromatic N) is 2. The molecule has 1 unspecified atom stereocenters. The van der Waals surface area contributed by atoms with E-state index in [0.29, 0.717) is 5.41 Å². The van der Waals surface area contributed by atoms with Crippen LogP contribution in [0.5, 0.6) is 0 Å². The van der Waals surface area contributed by atoms with Crippen molar-refractivity contribution in [2.24, 2.45) is 5.41 Å². The van der Waals surface area contributed by atoms with Crippen LogP contribution in [-0.2, 0) is 0 Å². The molecule has 0 bridgehead atoms. The molecule has 0 radical (unpaired) electrons. The van der Waals surface area contributed by atoms with E-state index in [1.165, 1.54) is 65.1 Å². The van der Waals surface area contributed by atoms with Crippen molar-refractivity contribution in [3.8, 4) is 0 Å². The first-order chi connectivity index (χ1) is 8.65.